The molecule has 0 aliphatic rings. The summed E-state index contributed by atoms with van der Waals surface area (Å²) < 4.78 is 21.8. The van der Waals surface area contributed by atoms with Crippen molar-refractivity contribution in [1.29, 1.82) is 5.26 Å². The summed E-state index contributed by atoms with van der Waals surface area (Å²) in [6.45, 7) is 4.77. The lowest BCUT2D eigenvalue weighted by Gasteiger charge is -2.13. The van der Waals surface area contributed by atoms with Gasteiger partial charge in [-0.1, -0.05) is 17.7 Å². The molecule has 0 saturated carbocycles. The van der Waals surface area contributed by atoms with Crippen molar-refractivity contribution in [3.8, 4) is 17.7 Å². The zero-order valence-corrected chi connectivity index (χ0v) is 17.2. The van der Waals surface area contributed by atoms with Crippen LogP contribution in [0, 0.1) is 18.4 Å². The molecule has 142 valence electrons. The molecule has 2 aromatic rings. The first kappa shape index (κ1) is 20.7. The van der Waals surface area contributed by atoms with Crippen molar-refractivity contribution in [2.24, 2.45) is 9.36 Å². The van der Waals surface area contributed by atoms with Crippen LogP contribution >= 0.6 is 11.6 Å². The minimum absolute atomic E-state index is 0.425. The normalized spacial score (nSPS) is 13.0. The van der Waals surface area contributed by atoms with Crippen molar-refractivity contribution < 1.29 is 8.95 Å². The van der Waals surface area contributed by atoms with Crippen molar-refractivity contribution in [2.75, 3.05) is 19.8 Å². The molecule has 0 N–H and O–H groups in total. The molecule has 0 spiro atoms. The maximum Gasteiger partial charge on any atom is 0.214 e. The van der Waals surface area contributed by atoms with Gasteiger partial charge in [-0.3, -0.25) is 0 Å². The summed E-state index contributed by atoms with van der Waals surface area (Å²) in [4.78, 5) is 6.75. The van der Waals surface area contributed by atoms with Crippen LogP contribution in [0.15, 0.2) is 50.6 Å². The number of benzene rings is 2. The number of halogens is 1. The number of hydrogen-bond acceptors (Lipinski definition) is 5. The summed E-state index contributed by atoms with van der Waals surface area (Å²) in [6, 6.07) is 10.2. The van der Waals surface area contributed by atoms with Gasteiger partial charge in [0.25, 0.3) is 0 Å². The molecule has 0 fully saturated rings. The van der Waals surface area contributed by atoms with Gasteiger partial charge in [-0.15, -0.1) is 4.36 Å². The maximum atomic E-state index is 12.4. The molecule has 27 heavy (non-hydrogen) atoms. The number of nitriles is 1. The Labute approximate surface area is 165 Å². The first-order chi connectivity index (χ1) is 12.8. The number of aryl methyl sites for hydroxylation is 1. The standard InChI is InChI=1S/C19H21ClN4O2S/c1-5-24(3)13-22-18-9-14(2)19(11-17(18)20)26-15-7-6-8-16(10-15)27(4,25)23-12-21/h6-11,13H,5H2,1-4H3/b22-13-. The van der Waals surface area contributed by atoms with Gasteiger partial charge in [0.05, 0.1) is 31.7 Å². The lowest BCUT2D eigenvalue weighted by molar-refractivity contribution is 0.477. The second kappa shape index (κ2) is 8.89. The summed E-state index contributed by atoms with van der Waals surface area (Å²) in [7, 11) is -0.855. The number of nitrogens with zero attached hydrogens (tertiary/aromatic N) is 4. The Kier molecular flexibility index (Phi) is 6.83. The minimum atomic E-state index is -2.78. The fourth-order valence-corrected chi connectivity index (χ4v) is 3.26. The zero-order valence-electron chi connectivity index (χ0n) is 15.6. The second-order valence-electron chi connectivity index (χ2n) is 5.96. The summed E-state index contributed by atoms with van der Waals surface area (Å²) >= 11 is 6.33. The second-order valence-corrected chi connectivity index (χ2v) is 8.62. The molecule has 0 aliphatic carbocycles. The monoisotopic (exact) mass is 404 g/mol. The maximum absolute atomic E-state index is 12.4. The van der Waals surface area contributed by atoms with Gasteiger partial charge in [0.1, 0.15) is 11.5 Å². The summed E-state index contributed by atoms with van der Waals surface area (Å²) in [5.41, 5.74) is 1.51. The van der Waals surface area contributed by atoms with Crippen molar-refractivity contribution in [3.63, 3.8) is 0 Å². The fraction of sp³-hybridized carbons (Fsp3) is 0.263. The number of rotatable bonds is 6. The number of aliphatic imine (C=N–C) groups is 1. The van der Waals surface area contributed by atoms with E-state index in [0.29, 0.717) is 27.1 Å². The van der Waals surface area contributed by atoms with E-state index in [2.05, 4.69) is 9.36 Å². The Hall–Kier alpha value is -2.56. The highest BCUT2D eigenvalue weighted by Gasteiger charge is 2.11. The van der Waals surface area contributed by atoms with E-state index in [0.717, 1.165) is 12.1 Å². The molecule has 0 aromatic heterocycles. The Morgan fingerprint density at radius 3 is 2.78 bits per heavy atom. The Morgan fingerprint density at radius 2 is 2.11 bits per heavy atom. The average molecular weight is 405 g/mol. The number of hydrogen-bond donors (Lipinski definition) is 0. The molecule has 2 aromatic carbocycles. The smallest absolute Gasteiger partial charge is 0.214 e. The third kappa shape index (κ3) is 5.46. The van der Waals surface area contributed by atoms with Crippen LogP contribution in [0.3, 0.4) is 0 Å². The van der Waals surface area contributed by atoms with Crippen LogP contribution in [0.2, 0.25) is 5.02 Å². The Balaban J connectivity index is 2.33. The third-order valence-electron chi connectivity index (χ3n) is 3.82. The van der Waals surface area contributed by atoms with E-state index in [4.69, 9.17) is 21.6 Å². The Bertz CT molecular complexity index is 1020. The minimum Gasteiger partial charge on any atom is -0.457 e. The van der Waals surface area contributed by atoms with E-state index >= 15 is 0 Å². The molecule has 1 unspecified atom stereocenters. The predicted molar refractivity (Wildman–Crippen MR) is 110 cm³/mol. The van der Waals surface area contributed by atoms with Crippen LogP contribution in [-0.2, 0) is 9.73 Å². The topological polar surface area (TPSA) is 78.0 Å². The predicted octanol–water partition coefficient (Wildman–Crippen LogP) is 4.99. The molecule has 8 heteroatoms. The quantitative estimate of drug-likeness (QED) is 0.386. The van der Waals surface area contributed by atoms with Gasteiger partial charge >= 0.3 is 0 Å². The van der Waals surface area contributed by atoms with E-state index < -0.39 is 9.73 Å². The molecular formula is C19H21ClN4O2S. The molecule has 2 rings (SSSR count). The number of ether oxygens (including phenoxy) is 1. The first-order valence-corrected chi connectivity index (χ1v) is 10.5. The van der Waals surface area contributed by atoms with E-state index in [1.54, 1.807) is 42.9 Å². The molecule has 0 bridgehead atoms. The van der Waals surface area contributed by atoms with Crippen LogP contribution in [0.5, 0.6) is 11.5 Å². The van der Waals surface area contributed by atoms with E-state index in [-0.39, 0.29) is 0 Å². The van der Waals surface area contributed by atoms with Crippen molar-refractivity contribution in [2.45, 2.75) is 18.7 Å². The lowest BCUT2D eigenvalue weighted by atomic mass is 10.2. The highest BCUT2D eigenvalue weighted by atomic mass is 35.5. The molecule has 0 amide bonds. The van der Waals surface area contributed by atoms with Crippen LogP contribution in [-0.4, -0.2) is 35.3 Å². The van der Waals surface area contributed by atoms with Gasteiger partial charge in [0.2, 0.25) is 6.19 Å². The van der Waals surface area contributed by atoms with Crippen molar-refractivity contribution >= 4 is 33.4 Å². The highest BCUT2D eigenvalue weighted by Crippen LogP contribution is 2.35. The van der Waals surface area contributed by atoms with E-state index in [1.165, 1.54) is 6.26 Å². The molecule has 6 nitrogen and oxygen atoms in total. The molecule has 0 saturated heterocycles. The van der Waals surface area contributed by atoms with E-state index in [9.17, 15) is 4.21 Å². The molecular weight excluding hydrogens is 384 g/mol. The first-order valence-electron chi connectivity index (χ1n) is 8.19. The van der Waals surface area contributed by atoms with Crippen LogP contribution in [0.4, 0.5) is 5.69 Å². The third-order valence-corrected chi connectivity index (χ3v) is 5.68. The van der Waals surface area contributed by atoms with E-state index in [1.807, 2.05) is 31.9 Å². The lowest BCUT2D eigenvalue weighted by Crippen LogP contribution is -2.14. The average Bonchev–Trinajstić information content (AvgIpc) is 2.63. The molecule has 0 aliphatic heterocycles. The highest BCUT2D eigenvalue weighted by molar-refractivity contribution is 7.93. The fourth-order valence-electron chi connectivity index (χ4n) is 2.13. The van der Waals surface area contributed by atoms with Gasteiger partial charge in [0, 0.05) is 25.9 Å². The SMILES string of the molecule is CCN(C)/C=N\c1cc(C)c(Oc2cccc(S(C)(=O)=NC#N)c2)cc1Cl. The van der Waals surface area contributed by atoms with Crippen LogP contribution in [0.25, 0.3) is 0 Å². The van der Waals surface area contributed by atoms with Gasteiger partial charge in [-0.25, -0.2) is 9.20 Å². The van der Waals surface area contributed by atoms with Crippen molar-refractivity contribution in [1.82, 2.24) is 4.90 Å². The van der Waals surface area contributed by atoms with Gasteiger partial charge in [-0.05, 0) is 43.7 Å². The van der Waals surface area contributed by atoms with Gasteiger partial charge < -0.3 is 9.64 Å². The summed E-state index contributed by atoms with van der Waals surface area (Å²) in [6.07, 6.45) is 4.73. The van der Waals surface area contributed by atoms with Gasteiger partial charge in [-0.2, -0.15) is 5.26 Å². The van der Waals surface area contributed by atoms with Crippen LogP contribution < -0.4 is 4.74 Å². The zero-order chi connectivity index (χ0) is 20.0. The molecule has 1 atom stereocenters. The summed E-state index contributed by atoms with van der Waals surface area (Å²) in [5.74, 6) is 1.05. The van der Waals surface area contributed by atoms with Gasteiger partial charge in [0.15, 0.2) is 0 Å². The van der Waals surface area contributed by atoms with Crippen molar-refractivity contribution in [3.05, 3.63) is 47.0 Å². The summed E-state index contributed by atoms with van der Waals surface area (Å²) in [5, 5.41) is 9.16. The molecule has 0 radical (unpaired) electrons. The molecule has 0 heterocycles. The Morgan fingerprint density at radius 1 is 1.37 bits per heavy atom. The van der Waals surface area contributed by atoms with Crippen LogP contribution in [0.1, 0.15) is 12.5 Å². The largest absolute Gasteiger partial charge is 0.457 e.